The molecule has 0 bridgehead atoms. The van der Waals surface area contributed by atoms with E-state index in [4.69, 9.17) is 0 Å². The van der Waals surface area contributed by atoms with Crippen molar-refractivity contribution in [1.29, 1.82) is 0 Å². The molecule has 102 valence electrons. The highest BCUT2D eigenvalue weighted by molar-refractivity contribution is 5.87. The fourth-order valence-corrected chi connectivity index (χ4v) is 2.35. The summed E-state index contributed by atoms with van der Waals surface area (Å²) in [6.07, 6.45) is 0.531. The van der Waals surface area contributed by atoms with Crippen LogP contribution in [-0.2, 0) is 0 Å². The number of hydrogen-bond acceptors (Lipinski definition) is 1. The average molecular weight is 276 g/mol. The summed E-state index contributed by atoms with van der Waals surface area (Å²) in [5.74, 6) is -3.76. The van der Waals surface area contributed by atoms with E-state index >= 15 is 0 Å². The Morgan fingerprint density at radius 2 is 1.75 bits per heavy atom. The number of benzene rings is 2. The summed E-state index contributed by atoms with van der Waals surface area (Å²) in [6.45, 7) is 0. The van der Waals surface area contributed by atoms with Crippen LogP contribution in [0.4, 0.5) is 13.2 Å². The second kappa shape index (κ2) is 4.47. The summed E-state index contributed by atoms with van der Waals surface area (Å²) < 4.78 is 39.2. The second-order valence-corrected chi connectivity index (χ2v) is 4.99. The van der Waals surface area contributed by atoms with Crippen LogP contribution >= 0.6 is 0 Å². The van der Waals surface area contributed by atoms with E-state index in [0.717, 1.165) is 0 Å². The molecular formula is C16H11F3O. The van der Waals surface area contributed by atoms with Gasteiger partial charge in [-0.1, -0.05) is 24.3 Å². The second-order valence-electron chi connectivity index (χ2n) is 4.99. The summed E-state index contributed by atoms with van der Waals surface area (Å²) in [5, 5.41) is 0. The molecule has 3 rings (SSSR count). The van der Waals surface area contributed by atoms with Crippen LogP contribution in [-0.4, -0.2) is 12.2 Å². The zero-order valence-corrected chi connectivity index (χ0v) is 10.4. The maximum atomic E-state index is 13.3. The van der Waals surface area contributed by atoms with Gasteiger partial charge in [0, 0.05) is 12.0 Å². The van der Waals surface area contributed by atoms with Crippen LogP contribution in [0.25, 0.3) is 11.1 Å². The number of alkyl halides is 2. The number of carbonyl (C=O) groups is 1. The standard InChI is InChI=1S/C16H11F3O/c17-13-6-5-12(9-20)14(7-13)10-1-3-11(4-2-10)15-8-16(15,18)19/h1-7,9,15H,8H2. The Hall–Kier alpha value is -2.10. The summed E-state index contributed by atoms with van der Waals surface area (Å²) in [5.41, 5.74) is 2.05. The van der Waals surface area contributed by atoms with Crippen molar-refractivity contribution in [2.24, 2.45) is 0 Å². The Kier molecular flexibility index (Phi) is 2.89. The van der Waals surface area contributed by atoms with Crippen LogP contribution in [0.15, 0.2) is 42.5 Å². The van der Waals surface area contributed by atoms with Crippen LogP contribution in [0, 0.1) is 5.82 Å². The lowest BCUT2D eigenvalue weighted by Crippen LogP contribution is -1.93. The number of rotatable bonds is 3. The lowest BCUT2D eigenvalue weighted by atomic mass is 9.98. The molecule has 0 saturated heterocycles. The average Bonchev–Trinajstić information content (AvgIpc) is 3.08. The minimum absolute atomic E-state index is 0.119. The molecular weight excluding hydrogens is 265 g/mol. The van der Waals surface area contributed by atoms with Crippen molar-refractivity contribution in [3.8, 4) is 11.1 Å². The minimum atomic E-state index is -2.60. The molecule has 1 atom stereocenters. The maximum Gasteiger partial charge on any atom is 0.255 e. The first-order valence-corrected chi connectivity index (χ1v) is 6.24. The van der Waals surface area contributed by atoms with E-state index < -0.39 is 17.7 Å². The maximum absolute atomic E-state index is 13.3. The number of aldehydes is 1. The summed E-state index contributed by atoms with van der Waals surface area (Å²) in [4.78, 5) is 11.0. The summed E-state index contributed by atoms with van der Waals surface area (Å²) in [7, 11) is 0. The predicted molar refractivity (Wildman–Crippen MR) is 69.5 cm³/mol. The normalized spacial score (nSPS) is 19.6. The van der Waals surface area contributed by atoms with Gasteiger partial charge >= 0.3 is 0 Å². The minimum Gasteiger partial charge on any atom is -0.298 e. The van der Waals surface area contributed by atoms with Gasteiger partial charge < -0.3 is 0 Å². The Bertz CT molecular complexity index is 662. The third kappa shape index (κ3) is 2.22. The molecule has 2 aromatic carbocycles. The summed E-state index contributed by atoms with van der Waals surface area (Å²) >= 11 is 0. The first-order chi connectivity index (χ1) is 9.51. The highest BCUT2D eigenvalue weighted by Gasteiger charge is 2.57. The lowest BCUT2D eigenvalue weighted by molar-refractivity contribution is 0.111. The van der Waals surface area contributed by atoms with Crippen LogP contribution in [0.3, 0.4) is 0 Å². The molecule has 1 unspecified atom stereocenters. The molecule has 1 saturated carbocycles. The van der Waals surface area contributed by atoms with Gasteiger partial charge in [-0.2, -0.15) is 0 Å². The van der Waals surface area contributed by atoms with E-state index in [0.29, 0.717) is 28.5 Å². The topological polar surface area (TPSA) is 17.1 Å². The monoisotopic (exact) mass is 276 g/mol. The molecule has 1 nitrogen and oxygen atoms in total. The number of carbonyl (C=O) groups excluding carboxylic acids is 1. The van der Waals surface area contributed by atoms with Crippen LogP contribution < -0.4 is 0 Å². The van der Waals surface area contributed by atoms with E-state index in [1.165, 1.54) is 18.2 Å². The fraction of sp³-hybridized carbons (Fsp3) is 0.188. The van der Waals surface area contributed by atoms with Crippen molar-refractivity contribution in [3.63, 3.8) is 0 Å². The molecule has 0 aliphatic heterocycles. The quantitative estimate of drug-likeness (QED) is 0.758. The van der Waals surface area contributed by atoms with Gasteiger partial charge in [-0.15, -0.1) is 0 Å². The highest BCUT2D eigenvalue weighted by atomic mass is 19.3. The van der Waals surface area contributed by atoms with E-state index in [1.807, 2.05) is 0 Å². The van der Waals surface area contributed by atoms with E-state index in [9.17, 15) is 18.0 Å². The van der Waals surface area contributed by atoms with Crippen molar-refractivity contribution in [1.82, 2.24) is 0 Å². The van der Waals surface area contributed by atoms with Crippen molar-refractivity contribution >= 4 is 6.29 Å². The molecule has 1 fully saturated rings. The molecule has 0 radical (unpaired) electrons. The van der Waals surface area contributed by atoms with Gasteiger partial charge in [0.1, 0.15) is 5.82 Å². The predicted octanol–water partition coefficient (Wildman–Crippen LogP) is 4.43. The number of hydrogen-bond donors (Lipinski definition) is 0. The highest BCUT2D eigenvalue weighted by Crippen LogP contribution is 2.55. The zero-order chi connectivity index (χ0) is 14.3. The molecule has 0 heterocycles. The van der Waals surface area contributed by atoms with Gasteiger partial charge in [0.25, 0.3) is 5.92 Å². The van der Waals surface area contributed by atoms with Gasteiger partial charge in [0.2, 0.25) is 0 Å². The Morgan fingerprint density at radius 1 is 1.10 bits per heavy atom. The number of halogens is 3. The third-order valence-corrected chi connectivity index (χ3v) is 3.59. The van der Waals surface area contributed by atoms with Crippen LogP contribution in [0.1, 0.15) is 28.3 Å². The molecule has 0 N–H and O–H groups in total. The first kappa shape index (κ1) is 12.9. The van der Waals surface area contributed by atoms with Gasteiger partial charge in [-0.25, -0.2) is 13.2 Å². The van der Waals surface area contributed by atoms with Gasteiger partial charge in [0.05, 0.1) is 5.92 Å². The van der Waals surface area contributed by atoms with Crippen molar-refractivity contribution < 1.29 is 18.0 Å². The summed E-state index contributed by atoms with van der Waals surface area (Å²) in [6, 6.07) is 10.4. The zero-order valence-electron chi connectivity index (χ0n) is 10.4. The van der Waals surface area contributed by atoms with Gasteiger partial charge in [0.15, 0.2) is 6.29 Å². The van der Waals surface area contributed by atoms with Gasteiger partial charge in [-0.3, -0.25) is 4.79 Å². The molecule has 20 heavy (non-hydrogen) atoms. The molecule has 1 aliphatic carbocycles. The third-order valence-electron chi connectivity index (χ3n) is 3.59. The SMILES string of the molecule is O=Cc1ccc(F)cc1-c1ccc(C2CC2(F)F)cc1. The van der Waals surface area contributed by atoms with Crippen LogP contribution in [0.5, 0.6) is 0 Å². The van der Waals surface area contributed by atoms with Crippen molar-refractivity contribution in [3.05, 3.63) is 59.4 Å². The van der Waals surface area contributed by atoms with E-state index in [2.05, 4.69) is 0 Å². The first-order valence-electron chi connectivity index (χ1n) is 6.24. The van der Waals surface area contributed by atoms with Gasteiger partial charge in [-0.05, 0) is 34.9 Å². The van der Waals surface area contributed by atoms with E-state index in [-0.39, 0.29) is 6.42 Å². The van der Waals surface area contributed by atoms with E-state index in [1.54, 1.807) is 24.3 Å². The molecule has 0 aromatic heterocycles. The Labute approximate surface area is 114 Å². The molecule has 4 heteroatoms. The Balaban J connectivity index is 1.95. The van der Waals surface area contributed by atoms with Crippen LogP contribution in [0.2, 0.25) is 0 Å². The van der Waals surface area contributed by atoms with Crippen molar-refractivity contribution in [2.45, 2.75) is 18.3 Å². The molecule has 0 amide bonds. The van der Waals surface area contributed by atoms with Crippen molar-refractivity contribution in [2.75, 3.05) is 0 Å². The molecule has 0 spiro atoms. The lowest BCUT2D eigenvalue weighted by Gasteiger charge is -2.07. The molecule has 2 aromatic rings. The largest absolute Gasteiger partial charge is 0.298 e. The Morgan fingerprint density at radius 3 is 2.30 bits per heavy atom. The smallest absolute Gasteiger partial charge is 0.255 e. The molecule has 1 aliphatic rings. The fourth-order valence-electron chi connectivity index (χ4n) is 2.35.